The monoisotopic (exact) mass is 386 g/mol. The Hall–Kier alpha value is -2.86. The minimum atomic E-state index is -0.570. The molecule has 2 aromatic rings. The van der Waals surface area contributed by atoms with Crippen molar-refractivity contribution < 1.29 is 19.1 Å². The fraction of sp³-hybridized carbons (Fsp3) is 0.250. The number of hydrogen-bond donors (Lipinski definition) is 2. The van der Waals surface area contributed by atoms with Gasteiger partial charge in [0.25, 0.3) is 5.91 Å². The van der Waals surface area contributed by atoms with Crippen LogP contribution in [0.3, 0.4) is 0 Å². The standard InChI is InChI=1S/C20H19ClN2O4/c21-16-3-1-2-13(10-16)8-9-22-19(25)12-27-20(26)15-4-6-17-14(11-15)5-7-18(24)23-17/h1-4,6,10-11H,5,7-9,12H2,(H,22,25)(H,23,24). The van der Waals surface area contributed by atoms with Gasteiger partial charge in [-0.2, -0.15) is 0 Å². The topological polar surface area (TPSA) is 84.5 Å². The number of benzene rings is 2. The summed E-state index contributed by atoms with van der Waals surface area (Å²) in [5.41, 5.74) is 2.97. The first-order valence-corrected chi connectivity index (χ1v) is 9.00. The number of fused-ring (bicyclic) bond motifs is 1. The van der Waals surface area contributed by atoms with Gasteiger partial charge in [0.1, 0.15) is 0 Å². The number of carbonyl (C=O) groups excluding carboxylic acids is 3. The Labute approximate surface area is 161 Å². The Bertz CT molecular complexity index is 882. The van der Waals surface area contributed by atoms with Crippen LogP contribution in [0.25, 0.3) is 0 Å². The van der Waals surface area contributed by atoms with Gasteiger partial charge in [-0.1, -0.05) is 23.7 Å². The zero-order valence-electron chi connectivity index (χ0n) is 14.6. The molecule has 2 N–H and O–H groups in total. The van der Waals surface area contributed by atoms with Gasteiger partial charge < -0.3 is 15.4 Å². The highest BCUT2D eigenvalue weighted by atomic mass is 35.5. The van der Waals surface area contributed by atoms with Crippen molar-refractivity contribution >= 4 is 35.1 Å². The van der Waals surface area contributed by atoms with Crippen LogP contribution in [0.1, 0.15) is 27.9 Å². The molecule has 1 heterocycles. The highest BCUT2D eigenvalue weighted by Gasteiger charge is 2.17. The largest absolute Gasteiger partial charge is 0.452 e. The molecular weight excluding hydrogens is 368 g/mol. The van der Waals surface area contributed by atoms with Gasteiger partial charge in [0, 0.05) is 23.7 Å². The van der Waals surface area contributed by atoms with Gasteiger partial charge in [-0.05, 0) is 54.3 Å². The van der Waals surface area contributed by atoms with Crippen LogP contribution in [0.4, 0.5) is 5.69 Å². The van der Waals surface area contributed by atoms with E-state index >= 15 is 0 Å². The third kappa shape index (κ3) is 5.31. The minimum Gasteiger partial charge on any atom is -0.452 e. The van der Waals surface area contributed by atoms with Crippen LogP contribution >= 0.6 is 11.6 Å². The van der Waals surface area contributed by atoms with E-state index in [2.05, 4.69) is 10.6 Å². The van der Waals surface area contributed by atoms with Crippen molar-refractivity contribution in [3.63, 3.8) is 0 Å². The second kappa shape index (κ2) is 8.68. The summed E-state index contributed by atoms with van der Waals surface area (Å²) >= 11 is 5.92. The van der Waals surface area contributed by atoms with Crippen molar-refractivity contribution in [2.45, 2.75) is 19.3 Å². The fourth-order valence-corrected chi connectivity index (χ4v) is 3.03. The van der Waals surface area contributed by atoms with E-state index < -0.39 is 5.97 Å². The number of halogens is 1. The Balaban J connectivity index is 1.44. The molecule has 1 aliphatic rings. The third-order valence-corrected chi connectivity index (χ3v) is 4.43. The number of nitrogens with one attached hydrogen (secondary N) is 2. The van der Waals surface area contributed by atoms with Crippen LogP contribution in [0.5, 0.6) is 0 Å². The molecule has 27 heavy (non-hydrogen) atoms. The molecule has 3 rings (SSSR count). The fourth-order valence-electron chi connectivity index (χ4n) is 2.81. The number of carbonyl (C=O) groups is 3. The van der Waals surface area contributed by atoms with Crippen molar-refractivity contribution in [2.24, 2.45) is 0 Å². The number of aryl methyl sites for hydroxylation is 1. The van der Waals surface area contributed by atoms with Gasteiger partial charge >= 0.3 is 5.97 Å². The van der Waals surface area contributed by atoms with Crippen LogP contribution in [-0.4, -0.2) is 30.9 Å². The maximum Gasteiger partial charge on any atom is 0.338 e. The molecule has 6 nitrogen and oxygen atoms in total. The SMILES string of the molecule is O=C(COC(=O)c1ccc2c(c1)CCC(=O)N2)NCCc1cccc(Cl)c1. The van der Waals surface area contributed by atoms with Gasteiger partial charge in [-0.3, -0.25) is 9.59 Å². The van der Waals surface area contributed by atoms with Crippen molar-refractivity contribution in [1.29, 1.82) is 0 Å². The summed E-state index contributed by atoms with van der Waals surface area (Å²) < 4.78 is 5.06. The van der Waals surface area contributed by atoms with E-state index in [0.29, 0.717) is 42.1 Å². The summed E-state index contributed by atoms with van der Waals surface area (Å²) in [6.07, 6.45) is 1.60. The third-order valence-electron chi connectivity index (χ3n) is 4.20. The van der Waals surface area contributed by atoms with Gasteiger partial charge in [0.2, 0.25) is 5.91 Å². The van der Waals surface area contributed by atoms with E-state index in [1.54, 1.807) is 24.3 Å². The molecule has 7 heteroatoms. The molecule has 0 unspecified atom stereocenters. The lowest BCUT2D eigenvalue weighted by Gasteiger charge is -2.17. The lowest BCUT2D eigenvalue weighted by molar-refractivity contribution is -0.124. The predicted molar refractivity (Wildman–Crippen MR) is 102 cm³/mol. The van der Waals surface area contributed by atoms with Crippen molar-refractivity contribution in [3.8, 4) is 0 Å². The Morgan fingerprint density at radius 1 is 1.15 bits per heavy atom. The lowest BCUT2D eigenvalue weighted by Crippen LogP contribution is -2.30. The molecule has 0 atom stereocenters. The summed E-state index contributed by atoms with van der Waals surface area (Å²) in [6, 6.07) is 12.3. The van der Waals surface area contributed by atoms with Crippen LogP contribution in [0.2, 0.25) is 5.02 Å². The molecule has 0 spiro atoms. The van der Waals surface area contributed by atoms with Gasteiger partial charge in [0.05, 0.1) is 5.56 Å². The molecule has 140 valence electrons. The normalized spacial score (nSPS) is 12.7. The molecule has 0 bridgehead atoms. The summed E-state index contributed by atoms with van der Waals surface area (Å²) in [6.45, 7) is 0.0808. The smallest absolute Gasteiger partial charge is 0.338 e. The molecule has 0 aromatic heterocycles. The van der Waals surface area contributed by atoms with Crippen LogP contribution < -0.4 is 10.6 Å². The second-order valence-corrected chi connectivity index (χ2v) is 6.66. The molecule has 0 radical (unpaired) electrons. The first kappa shape index (κ1) is 18.9. The number of ether oxygens (including phenoxy) is 1. The zero-order valence-corrected chi connectivity index (χ0v) is 15.3. The molecule has 2 aromatic carbocycles. The predicted octanol–water partition coefficient (Wildman–Crippen LogP) is 2.74. The second-order valence-electron chi connectivity index (χ2n) is 6.23. The average Bonchev–Trinajstić information content (AvgIpc) is 2.65. The Morgan fingerprint density at radius 2 is 2.00 bits per heavy atom. The van der Waals surface area contributed by atoms with Crippen molar-refractivity contribution in [3.05, 3.63) is 64.2 Å². The molecule has 1 aliphatic heterocycles. The minimum absolute atomic E-state index is 0.0349. The summed E-state index contributed by atoms with van der Waals surface area (Å²) in [4.78, 5) is 35.3. The summed E-state index contributed by atoms with van der Waals surface area (Å²) in [5.74, 6) is -0.970. The first-order valence-electron chi connectivity index (χ1n) is 8.62. The van der Waals surface area contributed by atoms with E-state index in [-0.39, 0.29) is 18.4 Å². The maximum absolute atomic E-state index is 12.1. The van der Waals surface area contributed by atoms with Gasteiger partial charge in [-0.15, -0.1) is 0 Å². The van der Waals surface area contributed by atoms with E-state index in [9.17, 15) is 14.4 Å². The quantitative estimate of drug-likeness (QED) is 0.747. The number of amides is 2. The maximum atomic E-state index is 12.1. The summed E-state index contributed by atoms with van der Waals surface area (Å²) in [7, 11) is 0. The van der Waals surface area contributed by atoms with Crippen molar-refractivity contribution in [2.75, 3.05) is 18.5 Å². The van der Waals surface area contributed by atoms with Crippen LogP contribution in [-0.2, 0) is 27.2 Å². The number of anilines is 1. The average molecular weight is 387 g/mol. The van der Waals surface area contributed by atoms with Gasteiger partial charge in [-0.25, -0.2) is 4.79 Å². The van der Waals surface area contributed by atoms with Crippen LogP contribution in [0, 0.1) is 0 Å². The Morgan fingerprint density at radius 3 is 2.81 bits per heavy atom. The van der Waals surface area contributed by atoms with E-state index in [1.807, 2.05) is 18.2 Å². The van der Waals surface area contributed by atoms with E-state index in [0.717, 1.165) is 11.1 Å². The first-order chi connectivity index (χ1) is 13.0. The lowest BCUT2D eigenvalue weighted by atomic mass is 10.0. The van der Waals surface area contributed by atoms with E-state index in [1.165, 1.54) is 0 Å². The number of hydrogen-bond acceptors (Lipinski definition) is 4. The number of esters is 1. The number of rotatable bonds is 6. The molecule has 0 aliphatic carbocycles. The van der Waals surface area contributed by atoms with Crippen LogP contribution in [0.15, 0.2) is 42.5 Å². The molecule has 0 fully saturated rings. The van der Waals surface area contributed by atoms with Gasteiger partial charge in [0.15, 0.2) is 6.61 Å². The molecule has 0 saturated carbocycles. The Kier molecular flexibility index (Phi) is 6.08. The highest BCUT2D eigenvalue weighted by Crippen LogP contribution is 2.23. The zero-order chi connectivity index (χ0) is 19.2. The molecule has 2 amide bonds. The highest BCUT2D eigenvalue weighted by molar-refractivity contribution is 6.30. The van der Waals surface area contributed by atoms with E-state index in [4.69, 9.17) is 16.3 Å². The summed E-state index contributed by atoms with van der Waals surface area (Å²) in [5, 5.41) is 6.11. The molecule has 0 saturated heterocycles. The van der Waals surface area contributed by atoms with Crippen molar-refractivity contribution in [1.82, 2.24) is 5.32 Å². The molecular formula is C20H19ClN2O4.